The summed E-state index contributed by atoms with van der Waals surface area (Å²) < 4.78 is 26.8. The first-order valence-electron chi connectivity index (χ1n) is 11.2. The second-order valence-corrected chi connectivity index (χ2v) is 27.5. The molecular weight excluding hydrogens is 445 g/mol. The standard InChI is InChI=1S/C21H48O5Si4/c1-15-18(4)30(19(5)16-2,23-20(22)17-3)26-29(14,24-27(9,10)11)25-28(12,13)21(6,7)8/h17-19H,3,15-16H2,1-2,4-14H3. The van der Waals surface area contributed by atoms with E-state index in [1.54, 1.807) is 0 Å². The van der Waals surface area contributed by atoms with Crippen LogP contribution in [0.15, 0.2) is 12.7 Å². The van der Waals surface area contributed by atoms with Crippen molar-refractivity contribution in [3.05, 3.63) is 12.7 Å². The summed E-state index contributed by atoms with van der Waals surface area (Å²) in [5.74, 6) is -0.418. The van der Waals surface area contributed by atoms with Crippen LogP contribution in [0.2, 0.25) is 55.4 Å². The number of rotatable bonds is 12. The summed E-state index contributed by atoms with van der Waals surface area (Å²) >= 11 is 0. The maximum Gasteiger partial charge on any atom is 0.468 e. The van der Waals surface area contributed by atoms with Crippen LogP contribution in [0.1, 0.15) is 61.3 Å². The van der Waals surface area contributed by atoms with E-state index < -0.39 is 40.0 Å². The highest BCUT2D eigenvalue weighted by molar-refractivity contribution is 6.90. The van der Waals surface area contributed by atoms with Gasteiger partial charge in [0.1, 0.15) is 0 Å². The van der Waals surface area contributed by atoms with Crippen molar-refractivity contribution >= 4 is 40.0 Å². The topological polar surface area (TPSA) is 54.0 Å². The van der Waals surface area contributed by atoms with E-state index in [1.807, 2.05) is 6.55 Å². The molecule has 0 aliphatic carbocycles. The molecule has 5 nitrogen and oxygen atoms in total. The molecule has 0 fully saturated rings. The van der Waals surface area contributed by atoms with Gasteiger partial charge in [-0.05, 0) is 37.8 Å². The van der Waals surface area contributed by atoms with Gasteiger partial charge in [0.15, 0.2) is 16.6 Å². The van der Waals surface area contributed by atoms with Crippen molar-refractivity contribution in [2.24, 2.45) is 0 Å². The maximum absolute atomic E-state index is 12.4. The number of carbonyl (C=O) groups is 1. The van der Waals surface area contributed by atoms with Crippen molar-refractivity contribution in [3.63, 3.8) is 0 Å². The van der Waals surface area contributed by atoms with Crippen LogP contribution >= 0.6 is 0 Å². The molecule has 0 aliphatic rings. The van der Waals surface area contributed by atoms with Gasteiger partial charge in [-0.2, -0.15) is 0 Å². The molecule has 0 saturated heterocycles. The monoisotopic (exact) mass is 492 g/mol. The zero-order chi connectivity index (χ0) is 24.2. The first-order chi connectivity index (χ1) is 13.3. The van der Waals surface area contributed by atoms with Crippen molar-refractivity contribution in [1.82, 2.24) is 0 Å². The Bertz CT molecular complexity index is 573. The van der Waals surface area contributed by atoms with Crippen molar-refractivity contribution in [3.8, 4) is 0 Å². The van der Waals surface area contributed by atoms with E-state index in [0.29, 0.717) is 0 Å². The fourth-order valence-corrected chi connectivity index (χ4v) is 21.2. The Hall–Kier alpha value is -0.0425. The fourth-order valence-electron chi connectivity index (χ4n) is 3.20. The minimum absolute atomic E-state index is 0.0160. The summed E-state index contributed by atoms with van der Waals surface area (Å²) in [6.45, 7) is 31.7. The normalized spacial score (nSPS) is 19.4. The van der Waals surface area contributed by atoms with E-state index in [2.05, 4.69) is 87.8 Å². The van der Waals surface area contributed by atoms with Gasteiger partial charge in [-0.1, -0.05) is 67.9 Å². The smallest absolute Gasteiger partial charge is 0.468 e. The number of hydrogen-bond donors (Lipinski definition) is 0. The van der Waals surface area contributed by atoms with Gasteiger partial charge in [0, 0.05) is 23.7 Å². The van der Waals surface area contributed by atoms with Crippen LogP contribution < -0.4 is 0 Å². The molecule has 0 bridgehead atoms. The zero-order valence-electron chi connectivity index (χ0n) is 21.9. The molecule has 9 heteroatoms. The lowest BCUT2D eigenvalue weighted by atomic mass is 10.2. The quantitative estimate of drug-likeness (QED) is 0.213. The van der Waals surface area contributed by atoms with Crippen LogP contribution in [0.4, 0.5) is 0 Å². The molecule has 0 aromatic rings. The average molecular weight is 493 g/mol. The fraction of sp³-hybridized carbons (Fsp3) is 0.857. The highest BCUT2D eigenvalue weighted by Gasteiger charge is 2.59. The largest absolute Gasteiger partial charge is 0.491 e. The van der Waals surface area contributed by atoms with E-state index in [9.17, 15) is 4.79 Å². The Kier molecular flexibility index (Phi) is 10.7. The molecule has 0 aliphatic heterocycles. The summed E-state index contributed by atoms with van der Waals surface area (Å²) in [6.07, 6.45) is 2.96. The lowest BCUT2D eigenvalue weighted by Gasteiger charge is -2.49. The second kappa shape index (κ2) is 10.7. The maximum atomic E-state index is 12.4. The van der Waals surface area contributed by atoms with Crippen LogP contribution in [-0.2, 0) is 21.6 Å². The molecule has 0 spiro atoms. The summed E-state index contributed by atoms with van der Waals surface area (Å²) in [6, 6.07) is 0. The van der Waals surface area contributed by atoms with Gasteiger partial charge in [0.25, 0.3) is 0 Å². The molecule has 3 atom stereocenters. The molecule has 0 aromatic heterocycles. The predicted molar refractivity (Wildman–Crippen MR) is 137 cm³/mol. The van der Waals surface area contributed by atoms with Crippen LogP contribution in [0.3, 0.4) is 0 Å². The lowest BCUT2D eigenvalue weighted by Crippen LogP contribution is -2.65. The Balaban J connectivity index is 6.57. The van der Waals surface area contributed by atoms with E-state index in [0.717, 1.165) is 12.8 Å². The Morgan fingerprint density at radius 3 is 1.63 bits per heavy atom. The molecular formula is C21H48O5Si4. The highest BCUT2D eigenvalue weighted by Crippen LogP contribution is 2.44. The highest BCUT2D eigenvalue weighted by atomic mass is 28.5. The SMILES string of the molecule is C=CC(=O)O[Si](O[Si](C)(O[Si](C)(C)C)O[Si](C)(C)C(C)(C)C)(C(C)CC)C(C)CC. The minimum Gasteiger partial charge on any atom is -0.491 e. The predicted octanol–water partition coefficient (Wildman–Crippen LogP) is 7.22. The molecule has 0 rings (SSSR count). The van der Waals surface area contributed by atoms with E-state index in [-0.39, 0.29) is 16.1 Å². The molecule has 0 radical (unpaired) electrons. The van der Waals surface area contributed by atoms with E-state index in [4.69, 9.17) is 16.8 Å². The van der Waals surface area contributed by atoms with Crippen molar-refractivity contribution in [2.75, 3.05) is 0 Å². The third kappa shape index (κ3) is 8.14. The molecule has 178 valence electrons. The van der Waals surface area contributed by atoms with Gasteiger partial charge in [0.2, 0.25) is 0 Å². The van der Waals surface area contributed by atoms with E-state index >= 15 is 0 Å². The van der Waals surface area contributed by atoms with Crippen molar-refractivity contribution in [1.29, 1.82) is 0 Å². The van der Waals surface area contributed by atoms with Gasteiger partial charge >= 0.3 is 23.3 Å². The summed E-state index contributed by atoms with van der Waals surface area (Å²) in [7, 11) is -10.4. The van der Waals surface area contributed by atoms with Crippen LogP contribution in [0.25, 0.3) is 0 Å². The van der Waals surface area contributed by atoms with Crippen LogP contribution in [-0.4, -0.2) is 40.0 Å². The third-order valence-electron chi connectivity index (χ3n) is 6.11. The van der Waals surface area contributed by atoms with Gasteiger partial charge in [0.05, 0.1) is 0 Å². The molecule has 30 heavy (non-hydrogen) atoms. The van der Waals surface area contributed by atoms with Crippen LogP contribution in [0, 0.1) is 0 Å². The first kappa shape index (κ1) is 30.0. The molecule has 0 amide bonds. The van der Waals surface area contributed by atoms with Gasteiger partial charge in [-0.15, -0.1) is 0 Å². The summed E-state index contributed by atoms with van der Waals surface area (Å²) in [5.41, 5.74) is 0.216. The van der Waals surface area contributed by atoms with Crippen LogP contribution in [0.5, 0.6) is 0 Å². The van der Waals surface area contributed by atoms with E-state index in [1.165, 1.54) is 6.08 Å². The zero-order valence-corrected chi connectivity index (χ0v) is 25.9. The van der Waals surface area contributed by atoms with Crippen molar-refractivity contribution < 1.29 is 21.6 Å². The summed E-state index contributed by atoms with van der Waals surface area (Å²) in [4.78, 5) is 12.4. The Labute approximate surface area is 190 Å². The van der Waals surface area contributed by atoms with Gasteiger partial charge in [-0.25, -0.2) is 4.79 Å². The molecule has 0 heterocycles. The van der Waals surface area contributed by atoms with Gasteiger partial charge < -0.3 is 16.8 Å². The first-order valence-corrected chi connectivity index (χ1v) is 21.8. The molecule has 0 saturated carbocycles. The molecule has 0 aromatic carbocycles. The molecule has 0 N–H and O–H groups in total. The average Bonchev–Trinajstić information content (AvgIpc) is 2.55. The lowest BCUT2D eigenvalue weighted by molar-refractivity contribution is -0.131. The van der Waals surface area contributed by atoms with Crippen molar-refractivity contribution in [2.45, 2.75) is 117 Å². The Morgan fingerprint density at radius 1 is 0.900 bits per heavy atom. The minimum atomic E-state index is -3.13. The number of carbonyl (C=O) groups excluding carboxylic acids is 1. The molecule has 3 unspecified atom stereocenters. The Morgan fingerprint density at radius 2 is 1.33 bits per heavy atom. The third-order valence-corrected chi connectivity index (χ3v) is 24.0. The van der Waals surface area contributed by atoms with Gasteiger partial charge in [-0.3, -0.25) is 0 Å². The number of hydrogen-bond acceptors (Lipinski definition) is 5. The second-order valence-electron chi connectivity index (χ2n) is 11.0. The summed E-state index contributed by atoms with van der Waals surface area (Å²) in [5, 5.41) is 0.0160.